The third-order valence-corrected chi connectivity index (χ3v) is 4.84. The number of hydrogen-bond acceptors (Lipinski definition) is 4. The minimum Gasteiger partial charge on any atom is -0.494 e. The predicted octanol–water partition coefficient (Wildman–Crippen LogP) is 6.51. The van der Waals surface area contributed by atoms with Crippen molar-refractivity contribution >= 4 is 0 Å². The molecule has 0 N–H and O–H groups in total. The normalized spacial score (nSPS) is 11.8. The molecule has 3 aromatic rings. The smallest absolute Gasteiger partial charge is 0.159 e. The first-order valence-electron chi connectivity index (χ1n) is 10.6. The molecule has 30 heavy (non-hydrogen) atoms. The summed E-state index contributed by atoms with van der Waals surface area (Å²) in [5.74, 6) is 2.16. The molecule has 0 aliphatic rings. The summed E-state index contributed by atoms with van der Waals surface area (Å²) in [5, 5.41) is 0. The van der Waals surface area contributed by atoms with Gasteiger partial charge in [0.2, 0.25) is 0 Å². The van der Waals surface area contributed by atoms with Crippen LogP contribution in [0.2, 0.25) is 0 Å². The number of hydrogen-bond donors (Lipinski definition) is 0. The van der Waals surface area contributed by atoms with Gasteiger partial charge in [-0.15, -0.1) is 0 Å². The largest absolute Gasteiger partial charge is 0.494 e. The fourth-order valence-electron chi connectivity index (χ4n) is 2.92. The van der Waals surface area contributed by atoms with Crippen LogP contribution in [0.25, 0.3) is 22.5 Å². The van der Waals surface area contributed by atoms with Gasteiger partial charge in [-0.05, 0) is 54.8 Å². The zero-order valence-electron chi connectivity index (χ0n) is 17.7. The molecule has 2 aromatic carbocycles. The van der Waals surface area contributed by atoms with E-state index in [0.29, 0.717) is 18.0 Å². The lowest BCUT2D eigenvalue weighted by molar-refractivity contribution is 0.192. The van der Waals surface area contributed by atoms with Crippen molar-refractivity contribution in [3.63, 3.8) is 0 Å². The summed E-state index contributed by atoms with van der Waals surface area (Å²) in [4.78, 5) is 8.98. The fourth-order valence-corrected chi connectivity index (χ4v) is 2.92. The van der Waals surface area contributed by atoms with Gasteiger partial charge in [-0.3, -0.25) is 0 Å². The Balaban J connectivity index is 1.59. The van der Waals surface area contributed by atoms with E-state index in [1.807, 2.05) is 60.9 Å². The van der Waals surface area contributed by atoms with Crippen LogP contribution in [0.3, 0.4) is 0 Å². The molecule has 0 aliphatic carbocycles. The average molecular weight is 409 g/mol. The van der Waals surface area contributed by atoms with E-state index in [-0.39, 0.29) is 6.61 Å². The zero-order chi connectivity index (χ0) is 21.2. The maximum Gasteiger partial charge on any atom is 0.159 e. The zero-order valence-corrected chi connectivity index (χ0v) is 17.7. The van der Waals surface area contributed by atoms with E-state index in [4.69, 9.17) is 9.47 Å². The van der Waals surface area contributed by atoms with Gasteiger partial charge in [0.15, 0.2) is 5.82 Å². The van der Waals surface area contributed by atoms with Gasteiger partial charge in [0, 0.05) is 23.5 Å². The van der Waals surface area contributed by atoms with E-state index in [2.05, 4.69) is 16.9 Å². The molecule has 4 nitrogen and oxygen atoms in total. The number of rotatable bonds is 11. The van der Waals surface area contributed by atoms with Crippen LogP contribution in [0, 0.1) is 0 Å². The van der Waals surface area contributed by atoms with Crippen molar-refractivity contribution in [2.24, 2.45) is 0 Å². The van der Waals surface area contributed by atoms with E-state index in [9.17, 15) is 4.39 Å². The first-order valence-corrected chi connectivity index (χ1v) is 10.6. The molecule has 1 unspecified atom stereocenters. The second-order valence-corrected chi connectivity index (χ2v) is 7.22. The number of alkyl halides is 1. The Morgan fingerprint density at radius 3 is 1.97 bits per heavy atom. The second-order valence-electron chi connectivity index (χ2n) is 7.22. The molecule has 1 atom stereocenters. The first-order chi connectivity index (χ1) is 14.7. The molecule has 0 fully saturated rings. The summed E-state index contributed by atoms with van der Waals surface area (Å²) >= 11 is 0. The maximum atomic E-state index is 13.3. The Morgan fingerprint density at radius 1 is 0.767 bits per heavy atom. The molecule has 5 heteroatoms. The van der Waals surface area contributed by atoms with Crippen molar-refractivity contribution in [2.75, 3.05) is 13.2 Å². The summed E-state index contributed by atoms with van der Waals surface area (Å²) in [6, 6.07) is 15.4. The number of nitrogens with zero attached hydrogens (tertiary/aromatic N) is 2. The van der Waals surface area contributed by atoms with Gasteiger partial charge in [0.25, 0.3) is 0 Å². The van der Waals surface area contributed by atoms with E-state index in [0.717, 1.165) is 35.5 Å². The van der Waals surface area contributed by atoms with Crippen LogP contribution in [-0.2, 0) is 0 Å². The summed E-state index contributed by atoms with van der Waals surface area (Å²) in [6.45, 7) is 4.81. The van der Waals surface area contributed by atoms with E-state index in [1.54, 1.807) is 6.92 Å². The lowest BCUT2D eigenvalue weighted by atomic mass is 10.1. The second kappa shape index (κ2) is 11.3. The quantitative estimate of drug-likeness (QED) is 0.339. The molecule has 0 amide bonds. The van der Waals surface area contributed by atoms with Crippen molar-refractivity contribution in [1.82, 2.24) is 9.97 Å². The van der Waals surface area contributed by atoms with Crippen LogP contribution < -0.4 is 9.47 Å². The molecule has 0 radical (unpaired) electrons. The number of unbranched alkanes of at least 4 members (excludes halogenated alkanes) is 2. The minimum atomic E-state index is -0.942. The molecule has 0 aliphatic heterocycles. The van der Waals surface area contributed by atoms with Crippen LogP contribution in [0.5, 0.6) is 11.5 Å². The molecule has 0 spiro atoms. The summed E-state index contributed by atoms with van der Waals surface area (Å²) < 4.78 is 24.5. The van der Waals surface area contributed by atoms with Gasteiger partial charge in [-0.25, -0.2) is 14.4 Å². The SMILES string of the molecule is CCCCCOc1ccc(-c2cnc(-c3ccc(OCC(F)CC)cc3)nc2)cc1. The Hall–Kier alpha value is -2.95. The number of ether oxygens (including phenoxy) is 2. The van der Waals surface area contributed by atoms with E-state index < -0.39 is 6.17 Å². The molecule has 0 bridgehead atoms. The lowest BCUT2D eigenvalue weighted by Crippen LogP contribution is -2.11. The number of aromatic nitrogens is 2. The van der Waals surface area contributed by atoms with Crippen molar-refractivity contribution < 1.29 is 13.9 Å². The highest BCUT2D eigenvalue weighted by Gasteiger charge is 2.07. The molecule has 0 saturated carbocycles. The molecule has 158 valence electrons. The van der Waals surface area contributed by atoms with Gasteiger partial charge >= 0.3 is 0 Å². The van der Waals surface area contributed by atoms with Gasteiger partial charge in [0.1, 0.15) is 24.3 Å². The van der Waals surface area contributed by atoms with Crippen LogP contribution in [0.4, 0.5) is 4.39 Å². The average Bonchev–Trinajstić information content (AvgIpc) is 2.81. The van der Waals surface area contributed by atoms with Crippen molar-refractivity contribution in [3.8, 4) is 34.0 Å². The Labute approximate surface area is 178 Å². The Morgan fingerprint density at radius 2 is 1.37 bits per heavy atom. The third-order valence-electron chi connectivity index (χ3n) is 4.84. The predicted molar refractivity (Wildman–Crippen MR) is 119 cm³/mol. The molecule has 1 aromatic heterocycles. The van der Waals surface area contributed by atoms with Crippen LogP contribution in [0.1, 0.15) is 39.5 Å². The van der Waals surface area contributed by atoms with Crippen molar-refractivity contribution in [1.29, 1.82) is 0 Å². The van der Waals surface area contributed by atoms with Gasteiger partial charge in [-0.1, -0.05) is 38.8 Å². The summed E-state index contributed by atoms with van der Waals surface area (Å²) in [6.07, 6.45) is 6.60. The Kier molecular flexibility index (Phi) is 8.19. The minimum absolute atomic E-state index is 0.0730. The number of halogens is 1. The highest BCUT2D eigenvalue weighted by Crippen LogP contribution is 2.24. The van der Waals surface area contributed by atoms with Crippen LogP contribution in [0.15, 0.2) is 60.9 Å². The van der Waals surface area contributed by atoms with Gasteiger partial charge in [0.05, 0.1) is 6.61 Å². The molecule has 0 saturated heterocycles. The monoisotopic (exact) mass is 408 g/mol. The van der Waals surface area contributed by atoms with E-state index >= 15 is 0 Å². The molecular formula is C25H29FN2O2. The highest BCUT2D eigenvalue weighted by atomic mass is 19.1. The first kappa shape index (κ1) is 21.8. The fraction of sp³-hybridized carbons (Fsp3) is 0.360. The maximum absolute atomic E-state index is 13.3. The van der Waals surface area contributed by atoms with Crippen molar-refractivity contribution in [3.05, 3.63) is 60.9 Å². The number of benzene rings is 2. The Bertz CT molecular complexity index is 881. The molecule has 1 heterocycles. The van der Waals surface area contributed by atoms with Gasteiger partial charge in [-0.2, -0.15) is 0 Å². The van der Waals surface area contributed by atoms with Crippen molar-refractivity contribution in [2.45, 2.75) is 45.7 Å². The van der Waals surface area contributed by atoms with Crippen LogP contribution >= 0.6 is 0 Å². The van der Waals surface area contributed by atoms with E-state index in [1.165, 1.54) is 12.8 Å². The molecule has 3 rings (SSSR count). The molecular weight excluding hydrogens is 379 g/mol. The summed E-state index contributed by atoms with van der Waals surface area (Å²) in [7, 11) is 0. The highest BCUT2D eigenvalue weighted by molar-refractivity contribution is 5.64. The standard InChI is InChI=1S/C25H29FN2O2/c1-3-5-6-15-29-23-11-7-19(8-12-23)21-16-27-25(28-17-21)20-9-13-24(14-10-20)30-18-22(26)4-2/h7-14,16-17,22H,3-6,15,18H2,1-2H3. The summed E-state index contributed by atoms with van der Waals surface area (Å²) in [5.41, 5.74) is 2.88. The third kappa shape index (κ3) is 6.28. The lowest BCUT2D eigenvalue weighted by Gasteiger charge is -2.09. The van der Waals surface area contributed by atoms with Crippen LogP contribution in [-0.4, -0.2) is 29.4 Å². The van der Waals surface area contributed by atoms with Gasteiger partial charge < -0.3 is 9.47 Å². The topological polar surface area (TPSA) is 44.2 Å².